The molecule has 1 saturated carbocycles. The van der Waals surface area contributed by atoms with Gasteiger partial charge in [-0.3, -0.25) is 4.79 Å². The molecule has 2 unspecified atom stereocenters. The van der Waals surface area contributed by atoms with Crippen molar-refractivity contribution < 1.29 is 23.7 Å². The number of carbonyl (C=O) groups is 1. The molecule has 139 valence electrons. The van der Waals surface area contributed by atoms with Gasteiger partial charge in [0.15, 0.2) is 17.3 Å². The number of rotatable bonds is 7. The van der Waals surface area contributed by atoms with Crippen LogP contribution in [0.5, 0.6) is 23.0 Å². The van der Waals surface area contributed by atoms with Gasteiger partial charge in [0.25, 0.3) is 0 Å². The van der Waals surface area contributed by atoms with Crippen LogP contribution in [-0.4, -0.2) is 63.8 Å². The molecule has 7 heteroatoms. The Balaban J connectivity index is 0.00000261. The zero-order valence-corrected chi connectivity index (χ0v) is 18.4. The molecule has 1 aliphatic rings. The second-order valence-corrected chi connectivity index (χ2v) is 6.23. The number of methoxy groups -OCH3 is 4. The van der Waals surface area contributed by atoms with Gasteiger partial charge in [0.1, 0.15) is 5.75 Å². The van der Waals surface area contributed by atoms with E-state index in [0.29, 0.717) is 34.2 Å². The number of benzene rings is 2. The smallest absolute Gasteiger partial charge is 0.203 e. The number of anilines is 1. The van der Waals surface area contributed by atoms with Crippen molar-refractivity contribution in [2.45, 2.75) is 12.3 Å². The molecule has 2 aromatic carbocycles. The molecule has 2 aromatic rings. The van der Waals surface area contributed by atoms with Crippen molar-refractivity contribution in [3.05, 3.63) is 41.5 Å². The van der Waals surface area contributed by atoms with Gasteiger partial charge in [0.05, 0.1) is 34.1 Å². The van der Waals surface area contributed by atoms with Crippen molar-refractivity contribution in [1.29, 1.82) is 0 Å². The van der Waals surface area contributed by atoms with Gasteiger partial charge in [-0.1, -0.05) is 6.07 Å². The summed E-state index contributed by atoms with van der Waals surface area (Å²) >= 11 is 0. The Bertz CT molecular complexity index is 814. The van der Waals surface area contributed by atoms with Gasteiger partial charge in [-0.15, -0.1) is 0 Å². The Morgan fingerprint density at radius 3 is 2.00 bits per heavy atom. The van der Waals surface area contributed by atoms with Crippen LogP contribution in [0.2, 0.25) is 0 Å². The van der Waals surface area contributed by atoms with Gasteiger partial charge >= 0.3 is 0 Å². The quantitative estimate of drug-likeness (QED) is 0.452. The minimum atomic E-state index is -0.0781. The summed E-state index contributed by atoms with van der Waals surface area (Å²) in [4.78, 5) is 12.9. The largest absolute Gasteiger partial charge is 0.495 e. The molecular weight excluding hydrogens is 357 g/mol. The van der Waals surface area contributed by atoms with Crippen LogP contribution in [0.1, 0.15) is 28.3 Å². The second-order valence-electron chi connectivity index (χ2n) is 6.23. The predicted molar refractivity (Wildman–Crippen MR) is 104 cm³/mol. The molecule has 0 bridgehead atoms. The fourth-order valence-corrected chi connectivity index (χ4v) is 3.27. The number of carbonyl (C=O) groups excluding carboxylic acids is 1. The van der Waals surface area contributed by atoms with E-state index in [4.69, 9.17) is 24.7 Å². The maximum Gasteiger partial charge on any atom is 0.203 e. The molecule has 0 heterocycles. The molecule has 3 rings (SSSR count). The van der Waals surface area contributed by atoms with E-state index < -0.39 is 0 Å². The first-order valence-electron chi connectivity index (χ1n) is 8.31. The molecule has 1 aliphatic carbocycles. The molecule has 27 heavy (non-hydrogen) atoms. The van der Waals surface area contributed by atoms with Crippen molar-refractivity contribution in [2.24, 2.45) is 5.92 Å². The summed E-state index contributed by atoms with van der Waals surface area (Å²) in [6, 6.07) is 9.07. The van der Waals surface area contributed by atoms with Crippen LogP contribution in [0, 0.1) is 5.92 Å². The zero-order valence-electron chi connectivity index (χ0n) is 16.4. The predicted octanol–water partition coefficient (Wildman–Crippen LogP) is 2.91. The number of nitrogen functional groups attached to an aromatic ring is 1. The fraction of sp³-hybridized carbons (Fsp3) is 0.350. The first-order valence-corrected chi connectivity index (χ1v) is 8.31. The van der Waals surface area contributed by atoms with Crippen molar-refractivity contribution in [3.63, 3.8) is 0 Å². The summed E-state index contributed by atoms with van der Waals surface area (Å²) in [5.74, 6) is 2.20. The van der Waals surface area contributed by atoms with Crippen LogP contribution < -0.4 is 24.7 Å². The molecule has 0 saturated heterocycles. The number of ketones is 1. The normalized spacial score (nSPS) is 17.5. The minimum absolute atomic E-state index is 0. The van der Waals surface area contributed by atoms with Crippen LogP contribution in [0.4, 0.5) is 5.69 Å². The van der Waals surface area contributed by atoms with E-state index in [9.17, 15) is 4.79 Å². The molecule has 2 atom stereocenters. The Kier molecular flexibility index (Phi) is 7.03. The molecule has 0 aliphatic heterocycles. The summed E-state index contributed by atoms with van der Waals surface area (Å²) in [6.45, 7) is 0. The van der Waals surface area contributed by atoms with E-state index in [2.05, 4.69) is 0 Å². The van der Waals surface area contributed by atoms with Crippen LogP contribution >= 0.6 is 0 Å². The summed E-state index contributed by atoms with van der Waals surface area (Å²) < 4.78 is 21.2. The summed E-state index contributed by atoms with van der Waals surface area (Å²) in [6.07, 6.45) is 0.793. The van der Waals surface area contributed by atoms with Gasteiger partial charge in [-0.25, -0.2) is 0 Å². The van der Waals surface area contributed by atoms with Crippen LogP contribution in [-0.2, 0) is 0 Å². The Morgan fingerprint density at radius 2 is 1.52 bits per heavy atom. The average molecular weight is 380 g/mol. The Labute approximate surface area is 181 Å². The molecule has 2 N–H and O–H groups in total. The third-order valence-electron chi connectivity index (χ3n) is 4.76. The first kappa shape index (κ1) is 21.4. The van der Waals surface area contributed by atoms with Gasteiger partial charge < -0.3 is 24.7 Å². The third kappa shape index (κ3) is 4.18. The van der Waals surface area contributed by atoms with Crippen molar-refractivity contribution in [3.8, 4) is 23.0 Å². The minimum Gasteiger partial charge on any atom is -0.495 e. The van der Waals surface area contributed by atoms with E-state index in [0.717, 1.165) is 12.0 Å². The van der Waals surface area contributed by atoms with Gasteiger partial charge in [0.2, 0.25) is 5.75 Å². The van der Waals surface area contributed by atoms with Crippen LogP contribution in [0.3, 0.4) is 0 Å². The standard InChI is InChI=1S/C20H23NO5.Na/c1-23-16-6-5-11(7-15(16)21)13-10-14(13)19(22)12-8-17(24-2)20(26-4)18(9-12)25-3;/h5-9,13-14H,10,21H2,1-4H3;. The maximum absolute atomic E-state index is 12.9. The molecule has 0 spiro atoms. The topological polar surface area (TPSA) is 80.0 Å². The second kappa shape index (κ2) is 8.87. The SMILES string of the molecule is COc1ccc(C2CC2C(=O)c2cc(OC)c(OC)c(OC)c2)cc1N.[Na]. The Morgan fingerprint density at radius 1 is 0.926 bits per heavy atom. The third-order valence-corrected chi connectivity index (χ3v) is 4.76. The molecule has 1 fully saturated rings. The maximum atomic E-state index is 12.9. The average Bonchev–Trinajstić information content (AvgIpc) is 3.46. The number of nitrogens with two attached hydrogens (primary N) is 1. The summed E-state index contributed by atoms with van der Waals surface area (Å²) in [7, 11) is 6.18. The van der Waals surface area contributed by atoms with E-state index in [1.165, 1.54) is 21.3 Å². The van der Waals surface area contributed by atoms with E-state index in [1.54, 1.807) is 19.2 Å². The molecule has 6 nitrogen and oxygen atoms in total. The molecular formula is C20H23NNaO5. The van der Waals surface area contributed by atoms with E-state index in [1.807, 2.05) is 18.2 Å². The number of ether oxygens (including phenoxy) is 4. The molecule has 0 amide bonds. The molecule has 1 radical (unpaired) electrons. The van der Waals surface area contributed by atoms with Gasteiger partial charge in [-0.05, 0) is 42.2 Å². The van der Waals surface area contributed by atoms with Gasteiger partial charge in [-0.2, -0.15) is 0 Å². The number of hydrogen-bond donors (Lipinski definition) is 1. The van der Waals surface area contributed by atoms with Crippen LogP contribution in [0.15, 0.2) is 30.3 Å². The van der Waals surface area contributed by atoms with Crippen LogP contribution in [0.25, 0.3) is 0 Å². The zero-order chi connectivity index (χ0) is 18.8. The summed E-state index contributed by atoms with van der Waals surface area (Å²) in [5.41, 5.74) is 8.16. The Hall–Kier alpha value is -1.89. The number of hydrogen-bond acceptors (Lipinski definition) is 6. The van der Waals surface area contributed by atoms with Crippen molar-refractivity contribution in [1.82, 2.24) is 0 Å². The first-order chi connectivity index (χ1) is 12.5. The van der Waals surface area contributed by atoms with Gasteiger partial charge in [0, 0.05) is 41.0 Å². The molecule has 0 aromatic heterocycles. The van der Waals surface area contributed by atoms with E-state index in [-0.39, 0.29) is 47.2 Å². The summed E-state index contributed by atoms with van der Waals surface area (Å²) in [5, 5.41) is 0. The fourth-order valence-electron chi connectivity index (χ4n) is 3.27. The van der Waals surface area contributed by atoms with Crippen molar-refractivity contribution >= 4 is 41.0 Å². The monoisotopic (exact) mass is 380 g/mol. The van der Waals surface area contributed by atoms with Crippen molar-refractivity contribution in [2.75, 3.05) is 34.2 Å². The van der Waals surface area contributed by atoms with E-state index >= 15 is 0 Å². The number of Topliss-reactive ketones (excluding diaryl/α,β-unsaturated/α-hetero) is 1.